The number of nitrogens with zero attached hydrogens (tertiary/aromatic N) is 5. The van der Waals surface area contributed by atoms with Gasteiger partial charge in [0, 0.05) is 19.3 Å². The van der Waals surface area contributed by atoms with Crippen LogP contribution in [0.1, 0.15) is 29.5 Å². The van der Waals surface area contributed by atoms with Crippen LogP contribution >= 0.6 is 0 Å². The van der Waals surface area contributed by atoms with Gasteiger partial charge in [0.05, 0.1) is 17.8 Å². The Kier molecular flexibility index (Phi) is 4.42. The van der Waals surface area contributed by atoms with Gasteiger partial charge in [0.2, 0.25) is 5.89 Å². The first-order valence-electron chi connectivity index (χ1n) is 8.37. The second-order valence-electron chi connectivity index (χ2n) is 6.46. The Labute approximate surface area is 148 Å². The molecule has 1 aromatic carbocycles. The highest BCUT2D eigenvalue weighted by atomic mass is 19.2. The van der Waals surface area contributed by atoms with Crippen molar-refractivity contribution >= 4 is 0 Å². The lowest BCUT2D eigenvalue weighted by Gasteiger charge is -2.15. The minimum absolute atomic E-state index is 0.111. The zero-order chi connectivity index (χ0) is 18.1. The maximum atomic E-state index is 13.3. The summed E-state index contributed by atoms with van der Waals surface area (Å²) in [5.41, 5.74) is 2.11. The zero-order valence-electron chi connectivity index (χ0n) is 14.2. The topological polar surface area (TPSA) is 67.9 Å². The largest absolute Gasteiger partial charge is 0.419 e. The molecule has 1 atom stereocenters. The van der Waals surface area contributed by atoms with Gasteiger partial charge >= 0.3 is 0 Å². The third-order valence-corrected chi connectivity index (χ3v) is 4.45. The molecule has 0 bridgehead atoms. The Morgan fingerprint density at radius 3 is 2.81 bits per heavy atom. The summed E-state index contributed by atoms with van der Waals surface area (Å²) < 4.78 is 32.1. The second-order valence-corrected chi connectivity index (χ2v) is 6.46. The average molecular weight is 357 g/mol. The molecule has 0 unspecified atom stereocenters. The fraction of sp³-hybridized carbons (Fsp3) is 0.333. The molecule has 6 nitrogen and oxygen atoms in total. The Morgan fingerprint density at radius 1 is 1.15 bits per heavy atom. The van der Waals surface area contributed by atoms with Crippen molar-refractivity contribution < 1.29 is 13.2 Å². The van der Waals surface area contributed by atoms with Gasteiger partial charge < -0.3 is 4.42 Å². The van der Waals surface area contributed by atoms with E-state index in [-0.39, 0.29) is 5.92 Å². The van der Waals surface area contributed by atoms with Crippen molar-refractivity contribution in [3.63, 3.8) is 0 Å². The van der Waals surface area contributed by atoms with Gasteiger partial charge in [0.25, 0.3) is 5.89 Å². The molecule has 2 aromatic heterocycles. The number of benzene rings is 1. The number of hydrogen-bond acceptors (Lipinski definition) is 6. The van der Waals surface area contributed by atoms with Crippen LogP contribution in [-0.4, -0.2) is 38.2 Å². The number of aryl methyl sites for hydroxylation is 1. The van der Waals surface area contributed by atoms with Crippen LogP contribution in [0.15, 0.2) is 35.0 Å². The van der Waals surface area contributed by atoms with Crippen molar-refractivity contribution in [2.75, 3.05) is 13.1 Å². The molecule has 1 saturated heterocycles. The van der Waals surface area contributed by atoms with Gasteiger partial charge in [-0.3, -0.25) is 9.88 Å². The van der Waals surface area contributed by atoms with Gasteiger partial charge in [-0.05, 0) is 37.6 Å². The van der Waals surface area contributed by atoms with Crippen molar-refractivity contribution in [1.29, 1.82) is 0 Å². The van der Waals surface area contributed by atoms with Crippen LogP contribution in [0.25, 0.3) is 11.6 Å². The quantitative estimate of drug-likeness (QED) is 0.715. The maximum Gasteiger partial charge on any atom is 0.267 e. The monoisotopic (exact) mass is 357 g/mol. The summed E-state index contributed by atoms with van der Waals surface area (Å²) in [7, 11) is 0. The molecule has 1 aliphatic heterocycles. The predicted octanol–water partition coefficient (Wildman–Crippen LogP) is 3.10. The molecule has 0 amide bonds. The third kappa shape index (κ3) is 3.45. The summed E-state index contributed by atoms with van der Waals surface area (Å²) >= 11 is 0. The van der Waals surface area contributed by atoms with Crippen LogP contribution in [0.5, 0.6) is 0 Å². The fourth-order valence-electron chi connectivity index (χ4n) is 3.08. The van der Waals surface area contributed by atoms with E-state index < -0.39 is 11.6 Å². The number of halogens is 2. The standard InChI is InChI=1S/C18H17F2N5O/c1-11-7-22-16(8-21-11)18-24-23-17(26-18)13-4-5-25(10-13)9-12-2-3-14(19)15(20)6-12/h2-3,6-8,13H,4-5,9-10H2,1H3/t13-/m1/s1. The van der Waals surface area contributed by atoms with Crippen LogP contribution < -0.4 is 0 Å². The Balaban J connectivity index is 1.42. The first kappa shape index (κ1) is 16.7. The molecule has 0 N–H and O–H groups in total. The van der Waals surface area contributed by atoms with Crippen LogP contribution in [0.3, 0.4) is 0 Å². The molecule has 8 heteroatoms. The summed E-state index contributed by atoms with van der Waals surface area (Å²) in [5, 5.41) is 8.21. The molecule has 0 radical (unpaired) electrons. The summed E-state index contributed by atoms with van der Waals surface area (Å²) in [6.45, 7) is 3.96. The summed E-state index contributed by atoms with van der Waals surface area (Å²) in [4.78, 5) is 10.6. The van der Waals surface area contributed by atoms with E-state index in [0.717, 1.165) is 36.8 Å². The van der Waals surface area contributed by atoms with Gasteiger partial charge in [-0.25, -0.2) is 13.8 Å². The first-order chi connectivity index (χ1) is 12.6. The van der Waals surface area contributed by atoms with E-state index in [0.29, 0.717) is 24.0 Å². The highest BCUT2D eigenvalue weighted by Gasteiger charge is 2.28. The van der Waals surface area contributed by atoms with E-state index in [2.05, 4.69) is 25.1 Å². The van der Waals surface area contributed by atoms with Gasteiger partial charge in [0.15, 0.2) is 11.6 Å². The molecular formula is C18H17F2N5O. The van der Waals surface area contributed by atoms with Crippen molar-refractivity contribution in [2.45, 2.75) is 25.8 Å². The minimum Gasteiger partial charge on any atom is -0.419 e. The molecule has 26 heavy (non-hydrogen) atoms. The lowest BCUT2D eigenvalue weighted by molar-refractivity contribution is 0.319. The molecule has 3 heterocycles. The highest BCUT2D eigenvalue weighted by Crippen LogP contribution is 2.29. The van der Waals surface area contributed by atoms with Gasteiger partial charge in [-0.1, -0.05) is 6.07 Å². The number of hydrogen-bond donors (Lipinski definition) is 0. The number of likely N-dealkylation sites (tertiary alicyclic amines) is 1. The minimum atomic E-state index is -0.828. The van der Waals surface area contributed by atoms with Crippen molar-refractivity contribution in [2.24, 2.45) is 0 Å². The Bertz CT molecular complexity index is 912. The molecule has 1 aliphatic rings. The van der Waals surface area contributed by atoms with Gasteiger partial charge in [-0.15, -0.1) is 10.2 Å². The molecule has 0 saturated carbocycles. The Hall–Kier alpha value is -2.74. The van der Waals surface area contributed by atoms with E-state index in [4.69, 9.17) is 4.42 Å². The fourth-order valence-corrected chi connectivity index (χ4v) is 3.08. The van der Waals surface area contributed by atoms with Crippen molar-refractivity contribution in [3.05, 3.63) is 59.4 Å². The van der Waals surface area contributed by atoms with Crippen LogP contribution in [0, 0.1) is 18.6 Å². The number of aromatic nitrogens is 4. The second kappa shape index (κ2) is 6.87. The predicted molar refractivity (Wildman–Crippen MR) is 89.1 cm³/mol. The van der Waals surface area contributed by atoms with Gasteiger partial charge in [0.1, 0.15) is 5.69 Å². The Morgan fingerprint density at radius 2 is 2.04 bits per heavy atom. The van der Waals surface area contributed by atoms with Crippen molar-refractivity contribution in [3.8, 4) is 11.6 Å². The lowest BCUT2D eigenvalue weighted by Crippen LogP contribution is -2.20. The molecular weight excluding hydrogens is 340 g/mol. The molecule has 0 aliphatic carbocycles. The molecule has 3 aromatic rings. The van der Waals surface area contributed by atoms with E-state index in [9.17, 15) is 8.78 Å². The highest BCUT2D eigenvalue weighted by molar-refractivity contribution is 5.43. The molecule has 0 spiro atoms. The van der Waals surface area contributed by atoms with Crippen LogP contribution in [0.2, 0.25) is 0 Å². The maximum absolute atomic E-state index is 13.3. The van der Waals surface area contributed by atoms with E-state index >= 15 is 0 Å². The van der Waals surface area contributed by atoms with E-state index in [1.165, 1.54) is 6.07 Å². The van der Waals surface area contributed by atoms with E-state index in [1.807, 2.05) is 6.92 Å². The van der Waals surface area contributed by atoms with Crippen LogP contribution in [-0.2, 0) is 6.54 Å². The van der Waals surface area contributed by atoms with Gasteiger partial charge in [-0.2, -0.15) is 0 Å². The average Bonchev–Trinajstić information content (AvgIpc) is 3.28. The summed E-state index contributed by atoms with van der Waals surface area (Å²) in [6.07, 6.45) is 4.12. The van der Waals surface area contributed by atoms with Crippen molar-refractivity contribution in [1.82, 2.24) is 25.1 Å². The first-order valence-corrected chi connectivity index (χ1v) is 8.37. The summed E-state index contributed by atoms with van der Waals surface area (Å²) in [5.74, 6) is -0.619. The smallest absolute Gasteiger partial charge is 0.267 e. The SMILES string of the molecule is Cc1cnc(-c2nnc([C@@H]3CCN(Cc4ccc(F)c(F)c4)C3)o2)cn1. The normalized spacial score (nSPS) is 17.7. The molecule has 4 rings (SSSR count). The summed E-state index contributed by atoms with van der Waals surface area (Å²) in [6, 6.07) is 4.00. The molecule has 134 valence electrons. The van der Waals surface area contributed by atoms with E-state index in [1.54, 1.807) is 18.5 Å². The lowest BCUT2D eigenvalue weighted by atomic mass is 10.1. The molecule has 1 fully saturated rings. The number of rotatable bonds is 4. The third-order valence-electron chi connectivity index (χ3n) is 4.45. The zero-order valence-corrected chi connectivity index (χ0v) is 14.2. The van der Waals surface area contributed by atoms with Crippen LogP contribution in [0.4, 0.5) is 8.78 Å².